The van der Waals surface area contributed by atoms with Crippen molar-refractivity contribution in [3.8, 4) is 0 Å². The Bertz CT molecular complexity index is 1430. The molecule has 0 aliphatic heterocycles. The number of Topliss-reactive ketones (excluding diaryl/α,β-unsaturated/α-hetero) is 1. The third kappa shape index (κ3) is 3.98. The molecule has 0 aromatic heterocycles. The van der Waals surface area contributed by atoms with E-state index in [-0.39, 0.29) is 12.8 Å². The first-order valence-electron chi connectivity index (χ1n) is 13.7. The average molecular weight is 566 g/mol. The van der Waals surface area contributed by atoms with Gasteiger partial charge in [0.2, 0.25) is 0 Å². The Labute approximate surface area is 237 Å². The van der Waals surface area contributed by atoms with Gasteiger partial charge in [0, 0.05) is 53.0 Å². The van der Waals surface area contributed by atoms with Gasteiger partial charge in [-0.1, -0.05) is 62.3 Å². The fourth-order valence-electron chi connectivity index (χ4n) is 8.14. The van der Waals surface area contributed by atoms with Gasteiger partial charge < -0.3 is 24.8 Å². The van der Waals surface area contributed by atoms with E-state index < -0.39 is 76.3 Å². The third-order valence-electron chi connectivity index (χ3n) is 9.97. The summed E-state index contributed by atoms with van der Waals surface area (Å²) in [6.45, 7) is 7.86. The molecule has 3 N–H and O–H groups in total. The summed E-state index contributed by atoms with van der Waals surface area (Å²) in [7, 11) is 0. The summed E-state index contributed by atoms with van der Waals surface area (Å²) in [6.07, 6.45) is 1.89. The smallest absolute Gasteiger partial charge is 0.310 e. The van der Waals surface area contributed by atoms with Crippen LogP contribution in [-0.4, -0.2) is 62.6 Å². The van der Waals surface area contributed by atoms with E-state index in [0.717, 1.165) is 0 Å². The van der Waals surface area contributed by atoms with Crippen molar-refractivity contribution in [2.75, 3.05) is 6.61 Å². The van der Waals surface area contributed by atoms with Gasteiger partial charge in [0.15, 0.2) is 11.4 Å². The van der Waals surface area contributed by atoms with Crippen molar-refractivity contribution in [3.63, 3.8) is 0 Å². The van der Waals surface area contributed by atoms with Gasteiger partial charge in [-0.3, -0.25) is 14.4 Å². The number of hydrogen-bond acceptors (Lipinski definition) is 9. The van der Waals surface area contributed by atoms with Crippen LogP contribution in [0, 0.1) is 29.1 Å². The molecule has 0 unspecified atom stereocenters. The van der Waals surface area contributed by atoms with Crippen molar-refractivity contribution in [1.82, 2.24) is 0 Å². The van der Waals surface area contributed by atoms with Gasteiger partial charge >= 0.3 is 11.9 Å². The van der Waals surface area contributed by atoms with Crippen LogP contribution in [0.2, 0.25) is 0 Å². The quantitative estimate of drug-likeness (QED) is 0.155. The van der Waals surface area contributed by atoms with Crippen LogP contribution >= 0.6 is 0 Å². The molecule has 8 atom stereocenters. The summed E-state index contributed by atoms with van der Waals surface area (Å²) >= 11 is 0. The highest BCUT2D eigenvalue weighted by Gasteiger charge is 2.87. The Morgan fingerprint density at radius 2 is 1.83 bits per heavy atom. The van der Waals surface area contributed by atoms with Crippen LogP contribution < -0.4 is 0 Å². The first-order chi connectivity index (χ1) is 19.2. The number of azide groups is 1. The SMILES string of the molecule is CC(=O)O[C@@]12[C@H](OC(=O)Cc3ccc(N=[N+]=[N-])cc3)[C@@H](C)[C@@]3(O)[C@@H](C=C(CO)C[C@]4(O)C(=O)C(C)=C[C@@H]34)[C@@H]1C2(C)C. The molecule has 0 bridgehead atoms. The predicted molar refractivity (Wildman–Crippen MR) is 145 cm³/mol. The molecule has 0 heterocycles. The monoisotopic (exact) mass is 565 g/mol. The average Bonchev–Trinajstić information content (AvgIpc) is 3.33. The minimum Gasteiger partial charge on any atom is -0.457 e. The van der Waals surface area contributed by atoms with Crippen molar-refractivity contribution >= 4 is 23.4 Å². The number of esters is 2. The van der Waals surface area contributed by atoms with Gasteiger partial charge in [-0.25, -0.2) is 0 Å². The molecule has 41 heavy (non-hydrogen) atoms. The molecule has 4 aliphatic carbocycles. The Kier molecular flexibility index (Phi) is 6.74. The number of benzene rings is 1. The highest BCUT2D eigenvalue weighted by molar-refractivity contribution is 6.04. The molecule has 0 radical (unpaired) electrons. The Hall–Kier alpha value is -3.50. The molecular formula is C30H35N3O8. The number of ether oxygens (including phenoxy) is 2. The molecule has 11 nitrogen and oxygen atoms in total. The first kappa shape index (κ1) is 29.0. The summed E-state index contributed by atoms with van der Waals surface area (Å²) in [6, 6.07) is 6.41. The normalized spacial score (nSPS) is 38.1. The van der Waals surface area contributed by atoms with Crippen molar-refractivity contribution in [2.45, 2.75) is 70.4 Å². The lowest BCUT2D eigenvalue weighted by molar-refractivity contribution is -0.228. The van der Waals surface area contributed by atoms with Crippen molar-refractivity contribution in [3.05, 3.63) is 63.6 Å². The summed E-state index contributed by atoms with van der Waals surface area (Å²) in [4.78, 5) is 41.8. The minimum absolute atomic E-state index is 0.137. The second-order valence-electron chi connectivity index (χ2n) is 12.5. The molecule has 2 fully saturated rings. The number of carbonyl (C=O) groups excluding carboxylic acids is 3. The molecule has 4 aliphatic rings. The van der Waals surface area contributed by atoms with Crippen molar-refractivity contribution < 1.29 is 39.2 Å². The van der Waals surface area contributed by atoms with Gasteiger partial charge in [0.05, 0.1) is 18.6 Å². The van der Waals surface area contributed by atoms with E-state index in [4.69, 9.17) is 15.0 Å². The number of hydrogen-bond donors (Lipinski definition) is 3. The molecule has 218 valence electrons. The highest BCUT2D eigenvalue weighted by Crippen LogP contribution is 2.77. The van der Waals surface area contributed by atoms with Gasteiger partial charge in [-0.05, 0) is 29.2 Å². The Morgan fingerprint density at radius 1 is 1.17 bits per heavy atom. The molecule has 0 spiro atoms. The molecule has 1 aromatic carbocycles. The number of nitrogens with zero attached hydrogens (tertiary/aromatic N) is 3. The van der Waals surface area contributed by atoms with E-state index in [1.54, 1.807) is 50.3 Å². The lowest BCUT2D eigenvalue weighted by Crippen LogP contribution is -2.66. The Balaban J connectivity index is 1.59. The number of carbonyl (C=O) groups is 3. The number of ketones is 1. The van der Waals surface area contributed by atoms with E-state index in [0.29, 0.717) is 22.4 Å². The maximum absolute atomic E-state index is 13.4. The second-order valence-corrected chi connectivity index (χ2v) is 12.5. The van der Waals surface area contributed by atoms with Crippen LogP contribution in [0.1, 0.15) is 46.6 Å². The summed E-state index contributed by atoms with van der Waals surface area (Å²) in [5.74, 6) is -4.95. The second kappa shape index (κ2) is 9.52. The fourth-order valence-corrected chi connectivity index (χ4v) is 8.14. The summed E-state index contributed by atoms with van der Waals surface area (Å²) in [5, 5.41) is 38.2. The van der Waals surface area contributed by atoms with Crippen LogP contribution in [0.25, 0.3) is 10.4 Å². The molecule has 2 saturated carbocycles. The first-order valence-corrected chi connectivity index (χ1v) is 13.7. The van der Waals surface area contributed by atoms with Gasteiger partial charge in [0.25, 0.3) is 0 Å². The van der Waals surface area contributed by atoms with Crippen molar-refractivity contribution in [1.29, 1.82) is 0 Å². The standard InChI is InChI=1S/C30H35N3O8/c1-15-10-22-28(38,25(15)37)13-19(14-34)11-21-24-27(4,5)30(24,41-17(3)35)26(16(2)29(21,22)39)40-23(36)12-18-6-8-20(9-7-18)32-33-31/h6-11,16,21-22,24,26,34,38-39H,12-14H2,1-5H3/t16-,21+,22-,24-,26-,28-,29-,30-/m1/s1. The van der Waals surface area contributed by atoms with E-state index in [9.17, 15) is 29.7 Å². The molecule has 5 rings (SSSR count). The topological polar surface area (TPSA) is 179 Å². The summed E-state index contributed by atoms with van der Waals surface area (Å²) in [5.41, 5.74) is 4.48. The van der Waals surface area contributed by atoms with Crippen molar-refractivity contribution in [2.24, 2.45) is 34.2 Å². The molecule has 0 amide bonds. The number of fused-ring (bicyclic) bond motifs is 5. The molecule has 1 aromatic rings. The maximum atomic E-state index is 13.4. The van der Waals surface area contributed by atoms with Crippen LogP contribution in [-0.2, 0) is 30.3 Å². The lowest BCUT2D eigenvalue weighted by Gasteiger charge is -2.53. The van der Waals surface area contributed by atoms with Crippen LogP contribution in [0.4, 0.5) is 5.69 Å². The minimum atomic E-state index is -1.99. The lowest BCUT2D eigenvalue weighted by atomic mass is 9.59. The number of aliphatic hydroxyl groups excluding tert-OH is 1. The third-order valence-corrected chi connectivity index (χ3v) is 9.97. The molecule has 0 saturated heterocycles. The summed E-state index contributed by atoms with van der Waals surface area (Å²) < 4.78 is 12.1. The zero-order chi connectivity index (χ0) is 30.1. The zero-order valence-corrected chi connectivity index (χ0v) is 23.7. The van der Waals surface area contributed by atoms with Gasteiger partial charge in [-0.15, -0.1) is 0 Å². The zero-order valence-electron chi connectivity index (χ0n) is 23.7. The van der Waals surface area contributed by atoms with Crippen LogP contribution in [0.15, 0.2) is 52.7 Å². The van der Waals surface area contributed by atoms with E-state index in [1.165, 1.54) is 6.92 Å². The van der Waals surface area contributed by atoms with E-state index in [1.807, 2.05) is 13.8 Å². The number of aliphatic hydroxyl groups is 3. The molecular weight excluding hydrogens is 530 g/mol. The highest BCUT2D eigenvalue weighted by atomic mass is 16.6. The van der Waals surface area contributed by atoms with Gasteiger partial charge in [-0.2, -0.15) is 0 Å². The Morgan fingerprint density at radius 3 is 2.41 bits per heavy atom. The molecule has 11 heteroatoms. The number of rotatable bonds is 6. The maximum Gasteiger partial charge on any atom is 0.310 e. The van der Waals surface area contributed by atoms with Crippen LogP contribution in [0.3, 0.4) is 0 Å². The van der Waals surface area contributed by atoms with E-state index in [2.05, 4.69) is 10.0 Å². The van der Waals surface area contributed by atoms with Gasteiger partial charge in [0.1, 0.15) is 11.7 Å². The van der Waals surface area contributed by atoms with Crippen LogP contribution in [0.5, 0.6) is 0 Å². The largest absolute Gasteiger partial charge is 0.457 e. The fraction of sp³-hybridized carbons (Fsp3) is 0.567. The predicted octanol–water partition coefficient (Wildman–Crippen LogP) is 3.24. The van der Waals surface area contributed by atoms with E-state index >= 15 is 0 Å².